The maximum atomic E-state index is 12.1. The minimum Gasteiger partial charge on any atom is -0.497 e. The van der Waals surface area contributed by atoms with Crippen molar-refractivity contribution in [3.8, 4) is 5.75 Å². The lowest BCUT2D eigenvalue weighted by atomic mass is 10.2. The van der Waals surface area contributed by atoms with Gasteiger partial charge < -0.3 is 15.6 Å². The molecule has 2 unspecified atom stereocenters. The summed E-state index contributed by atoms with van der Waals surface area (Å²) in [5.41, 5.74) is 4.91. The molecule has 0 aromatic heterocycles. The normalized spacial score (nSPS) is 14.5. The van der Waals surface area contributed by atoms with E-state index in [4.69, 9.17) is 10.5 Å². The molecule has 1 rings (SSSR count). The number of methoxy groups -OCH3 is 1. The fourth-order valence-electron chi connectivity index (χ4n) is 1.45. The van der Waals surface area contributed by atoms with Gasteiger partial charge in [-0.05, 0) is 19.1 Å². The van der Waals surface area contributed by atoms with Gasteiger partial charge in [0, 0.05) is 12.6 Å². The Morgan fingerprint density at radius 1 is 1.52 bits per heavy atom. The Balaban J connectivity index is 3.10. The standard InChI is InChI=1S/C11H17N3O6S/c1-7(15)9(12)6-13-21(18,19)11-4-3-8(20-2)5-10(11)14(16)17/h3-5,7,9,13,15H,6,12H2,1-2H3. The highest BCUT2D eigenvalue weighted by atomic mass is 32.2. The topological polar surface area (TPSA) is 145 Å². The molecule has 21 heavy (non-hydrogen) atoms. The molecule has 9 nitrogen and oxygen atoms in total. The summed E-state index contributed by atoms with van der Waals surface area (Å²) in [5.74, 6) is 0.168. The summed E-state index contributed by atoms with van der Waals surface area (Å²) < 4.78 is 31.1. The van der Waals surface area contributed by atoms with Gasteiger partial charge >= 0.3 is 0 Å². The summed E-state index contributed by atoms with van der Waals surface area (Å²) in [6, 6.07) is 2.57. The molecule has 0 heterocycles. The number of rotatable bonds is 7. The van der Waals surface area contributed by atoms with Crippen molar-refractivity contribution in [2.24, 2.45) is 5.73 Å². The molecular weight excluding hydrogens is 302 g/mol. The third-order valence-electron chi connectivity index (χ3n) is 2.78. The largest absolute Gasteiger partial charge is 0.497 e. The molecule has 0 aliphatic rings. The van der Waals surface area contributed by atoms with Gasteiger partial charge in [0.1, 0.15) is 5.75 Å². The van der Waals surface area contributed by atoms with Gasteiger partial charge in [0.25, 0.3) is 5.69 Å². The molecule has 0 saturated heterocycles. The highest BCUT2D eigenvalue weighted by Crippen LogP contribution is 2.28. The zero-order valence-electron chi connectivity index (χ0n) is 11.5. The number of nitro groups is 1. The first-order valence-electron chi connectivity index (χ1n) is 5.94. The Kier molecular flexibility index (Phi) is 5.61. The Morgan fingerprint density at radius 2 is 2.14 bits per heavy atom. The molecule has 10 heteroatoms. The average molecular weight is 319 g/mol. The summed E-state index contributed by atoms with van der Waals surface area (Å²) in [6.45, 7) is 1.16. The molecule has 0 aliphatic carbocycles. The maximum absolute atomic E-state index is 12.1. The summed E-state index contributed by atoms with van der Waals surface area (Å²) in [7, 11) is -2.82. The fourth-order valence-corrected chi connectivity index (χ4v) is 2.67. The predicted octanol–water partition coefficient (Wildman–Crippen LogP) is -0.410. The smallest absolute Gasteiger partial charge is 0.293 e. The van der Waals surface area contributed by atoms with Crippen molar-refractivity contribution in [3.05, 3.63) is 28.3 Å². The first-order chi connectivity index (χ1) is 9.69. The highest BCUT2D eigenvalue weighted by molar-refractivity contribution is 7.89. The lowest BCUT2D eigenvalue weighted by molar-refractivity contribution is -0.387. The molecule has 2 atom stereocenters. The van der Waals surface area contributed by atoms with Gasteiger partial charge in [-0.2, -0.15) is 0 Å². The minimum atomic E-state index is -4.13. The van der Waals surface area contributed by atoms with Gasteiger partial charge in [-0.15, -0.1) is 0 Å². The van der Waals surface area contributed by atoms with E-state index in [1.54, 1.807) is 0 Å². The molecule has 1 aromatic carbocycles. The van der Waals surface area contributed by atoms with Crippen LogP contribution in [-0.2, 0) is 10.0 Å². The molecule has 0 radical (unpaired) electrons. The van der Waals surface area contributed by atoms with Gasteiger partial charge in [0.15, 0.2) is 4.90 Å². The molecule has 0 bridgehead atoms. The summed E-state index contributed by atoms with van der Waals surface area (Å²) in [5, 5.41) is 20.2. The van der Waals surface area contributed by atoms with Crippen LogP contribution in [0, 0.1) is 10.1 Å². The van der Waals surface area contributed by atoms with Crippen LogP contribution in [-0.4, -0.2) is 44.2 Å². The maximum Gasteiger partial charge on any atom is 0.293 e. The molecule has 0 aliphatic heterocycles. The van der Waals surface area contributed by atoms with Crippen LogP contribution in [0.4, 0.5) is 5.69 Å². The minimum absolute atomic E-state index is 0.168. The van der Waals surface area contributed by atoms with E-state index in [2.05, 4.69) is 4.72 Å². The fraction of sp³-hybridized carbons (Fsp3) is 0.455. The average Bonchev–Trinajstić information content (AvgIpc) is 2.43. The molecule has 0 amide bonds. The van der Waals surface area contributed by atoms with E-state index in [9.17, 15) is 23.6 Å². The first kappa shape index (κ1) is 17.3. The molecule has 1 aromatic rings. The van der Waals surface area contributed by atoms with E-state index in [0.717, 1.165) is 12.1 Å². The number of sulfonamides is 1. The lowest BCUT2D eigenvalue weighted by Gasteiger charge is -2.15. The van der Waals surface area contributed by atoms with Gasteiger partial charge in [0.05, 0.1) is 24.2 Å². The number of nitrogens with one attached hydrogen (secondary N) is 1. The molecular formula is C11H17N3O6S. The van der Waals surface area contributed by atoms with Crippen molar-refractivity contribution < 1.29 is 23.2 Å². The van der Waals surface area contributed by atoms with E-state index in [-0.39, 0.29) is 12.3 Å². The molecule has 0 spiro atoms. The van der Waals surface area contributed by atoms with Crippen LogP contribution in [0.2, 0.25) is 0 Å². The van der Waals surface area contributed by atoms with E-state index >= 15 is 0 Å². The first-order valence-corrected chi connectivity index (χ1v) is 7.43. The second-order valence-corrected chi connectivity index (χ2v) is 6.08. The zero-order valence-corrected chi connectivity index (χ0v) is 12.3. The van der Waals surface area contributed by atoms with Crippen molar-refractivity contribution in [1.29, 1.82) is 0 Å². The molecule has 0 fully saturated rings. The van der Waals surface area contributed by atoms with E-state index in [0.29, 0.717) is 0 Å². The van der Waals surface area contributed by atoms with Crippen molar-refractivity contribution in [2.75, 3.05) is 13.7 Å². The summed E-state index contributed by atoms with van der Waals surface area (Å²) >= 11 is 0. The van der Waals surface area contributed by atoms with Crippen LogP contribution in [0.15, 0.2) is 23.1 Å². The number of aliphatic hydroxyl groups excluding tert-OH is 1. The third-order valence-corrected chi connectivity index (χ3v) is 4.25. The van der Waals surface area contributed by atoms with Gasteiger partial charge in [-0.25, -0.2) is 13.1 Å². The Hall–Kier alpha value is -1.75. The van der Waals surface area contributed by atoms with E-state index < -0.39 is 37.7 Å². The van der Waals surface area contributed by atoms with Crippen LogP contribution in [0.1, 0.15) is 6.92 Å². The third kappa shape index (κ3) is 4.36. The van der Waals surface area contributed by atoms with Crippen molar-refractivity contribution in [1.82, 2.24) is 4.72 Å². The zero-order chi connectivity index (χ0) is 16.2. The Labute approximate surface area is 121 Å². The van der Waals surface area contributed by atoms with E-state index in [1.165, 1.54) is 20.1 Å². The highest BCUT2D eigenvalue weighted by Gasteiger charge is 2.27. The molecule has 118 valence electrons. The summed E-state index contributed by atoms with van der Waals surface area (Å²) in [4.78, 5) is 9.67. The van der Waals surface area contributed by atoms with Crippen LogP contribution in [0.25, 0.3) is 0 Å². The van der Waals surface area contributed by atoms with Gasteiger partial charge in [0.2, 0.25) is 10.0 Å². The quantitative estimate of drug-likeness (QED) is 0.457. The van der Waals surface area contributed by atoms with Gasteiger partial charge in [-0.1, -0.05) is 0 Å². The second kappa shape index (κ2) is 6.80. The number of nitro benzene ring substituents is 1. The lowest BCUT2D eigenvalue weighted by Crippen LogP contribution is -2.43. The Bertz CT molecular complexity index is 616. The number of benzene rings is 1. The van der Waals surface area contributed by atoms with Crippen molar-refractivity contribution in [3.63, 3.8) is 0 Å². The van der Waals surface area contributed by atoms with E-state index in [1.807, 2.05) is 0 Å². The number of hydrogen-bond acceptors (Lipinski definition) is 7. The second-order valence-electron chi connectivity index (χ2n) is 4.35. The number of ether oxygens (including phenoxy) is 1. The SMILES string of the molecule is COc1ccc(S(=O)(=O)NCC(N)C(C)O)c([N+](=O)[O-])c1. The number of nitrogens with two attached hydrogens (primary N) is 1. The van der Waals surface area contributed by atoms with Crippen molar-refractivity contribution in [2.45, 2.75) is 24.0 Å². The number of aliphatic hydroxyl groups is 1. The molecule has 0 saturated carbocycles. The predicted molar refractivity (Wildman–Crippen MR) is 74.5 cm³/mol. The van der Waals surface area contributed by atoms with Gasteiger partial charge in [-0.3, -0.25) is 10.1 Å². The van der Waals surface area contributed by atoms with Crippen LogP contribution in [0.5, 0.6) is 5.75 Å². The molecule has 4 N–H and O–H groups in total. The number of nitrogens with zero attached hydrogens (tertiary/aromatic N) is 1. The number of hydrogen-bond donors (Lipinski definition) is 3. The summed E-state index contributed by atoms with van der Waals surface area (Å²) in [6.07, 6.45) is -0.918. The Morgan fingerprint density at radius 3 is 2.62 bits per heavy atom. The van der Waals surface area contributed by atoms with Crippen LogP contribution >= 0.6 is 0 Å². The van der Waals surface area contributed by atoms with Crippen LogP contribution < -0.4 is 15.2 Å². The van der Waals surface area contributed by atoms with Crippen molar-refractivity contribution >= 4 is 15.7 Å². The monoisotopic (exact) mass is 319 g/mol. The van der Waals surface area contributed by atoms with Crippen LogP contribution in [0.3, 0.4) is 0 Å².